The van der Waals surface area contributed by atoms with Crippen LogP contribution in [0.5, 0.6) is 0 Å². The van der Waals surface area contributed by atoms with E-state index in [1.807, 2.05) is 55.5 Å². The Morgan fingerprint density at radius 3 is 2.75 bits per heavy atom. The zero-order chi connectivity index (χ0) is 11.4. The summed E-state index contributed by atoms with van der Waals surface area (Å²) in [5.41, 5.74) is 1.78. The SMILES string of the molecule is C/C=C/C1C/C(=C\c2ccccc2)C(=O)O1. The number of rotatable bonds is 2. The third-order valence-electron chi connectivity index (χ3n) is 2.49. The van der Waals surface area contributed by atoms with Crippen molar-refractivity contribution in [2.75, 3.05) is 0 Å². The molecule has 0 aliphatic carbocycles. The predicted octanol–water partition coefficient (Wildman–Crippen LogP) is 2.96. The van der Waals surface area contributed by atoms with Crippen molar-refractivity contribution in [3.8, 4) is 0 Å². The molecule has 2 heteroatoms. The second-order valence-electron chi connectivity index (χ2n) is 3.75. The summed E-state index contributed by atoms with van der Waals surface area (Å²) >= 11 is 0. The molecule has 1 atom stereocenters. The Kier molecular flexibility index (Phi) is 3.20. The van der Waals surface area contributed by atoms with Crippen LogP contribution >= 0.6 is 0 Å². The van der Waals surface area contributed by atoms with Gasteiger partial charge in [0.2, 0.25) is 0 Å². The molecule has 82 valence electrons. The van der Waals surface area contributed by atoms with Gasteiger partial charge in [-0.3, -0.25) is 0 Å². The molecule has 0 amide bonds. The van der Waals surface area contributed by atoms with Crippen molar-refractivity contribution in [2.45, 2.75) is 19.4 Å². The minimum absolute atomic E-state index is 0.0903. The second kappa shape index (κ2) is 4.79. The molecule has 1 aromatic carbocycles. The molecule has 1 aromatic rings. The van der Waals surface area contributed by atoms with Gasteiger partial charge in [0.25, 0.3) is 0 Å². The molecule has 0 aromatic heterocycles. The number of carbonyl (C=O) groups excluding carboxylic acids is 1. The highest BCUT2D eigenvalue weighted by molar-refractivity contribution is 5.95. The molecular formula is C14H14O2. The van der Waals surface area contributed by atoms with Gasteiger partial charge in [0.15, 0.2) is 0 Å². The van der Waals surface area contributed by atoms with Crippen molar-refractivity contribution >= 4 is 12.0 Å². The number of hydrogen-bond donors (Lipinski definition) is 0. The van der Waals surface area contributed by atoms with Crippen LogP contribution in [0.25, 0.3) is 6.08 Å². The van der Waals surface area contributed by atoms with E-state index in [1.165, 1.54) is 0 Å². The topological polar surface area (TPSA) is 26.3 Å². The molecule has 0 bridgehead atoms. The maximum atomic E-state index is 11.5. The molecule has 1 aliphatic heterocycles. The molecule has 0 spiro atoms. The number of benzene rings is 1. The summed E-state index contributed by atoms with van der Waals surface area (Å²) in [6.45, 7) is 1.92. The van der Waals surface area contributed by atoms with Crippen LogP contribution in [0.15, 0.2) is 48.1 Å². The first-order valence-electron chi connectivity index (χ1n) is 5.39. The summed E-state index contributed by atoms with van der Waals surface area (Å²) < 4.78 is 5.19. The zero-order valence-electron chi connectivity index (χ0n) is 9.22. The monoisotopic (exact) mass is 214 g/mol. The van der Waals surface area contributed by atoms with Gasteiger partial charge in [0, 0.05) is 12.0 Å². The number of carbonyl (C=O) groups is 1. The summed E-state index contributed by atoms with van der Waals surface area (Å²) in [6, 6.07) is 9.82. The summed E-state index contributed by atoms with van der Waals surface area (Å²) in [5.74, 6) is -0.202. The summed E-state index contributed by atoms with van der Waals surface area (Å²) in [6.07, 6.45) is 6.28. The van der Waals surface area contributed by atoms with E-state index in [0.29, 0.717) is 6.42 Å². The lowest BCUT2D eigenvalue weighted by molar-refractivity contribution is -0.137. The van der Waals surface area contributed by atoms with Crippen LogP contribution in [-0.4, -0.2) is 12.1 Å². The largest absolute Gasteiger partial charge is 0.454 e. The van der Waals surface area contributed by atoms with Gasteiger partial charge in [0.05, 0.1) is 0 Å². The smallest absolute Gasteiger partial charge is 0.334 e. The molecule has 1 unspecified atom stereocenters. The molecule has 16 heavy (non-hydrogen) atoms. The van der Waals surface area contributed by atoms with Crippen LogP contribution in [0.1, 0.15) is 18.9 Å². The van der Waals surface area contributed by atoms with E-state index in [0.717, 1.165) is 11.1 Å². The van der Waals surface area contributed by atoms with Crippen LogP contribution in [0, 0.1) is 0 Å². The molecule has 1 fully saturated rings. The lowest BCUT2D eigenvalue weighted by Gasteiger charge is -1.98. The highest BCUT2D eigenvalue weighted by Crippen LogP contribution is 2.23. The Morgan fingerprint density at radius 1 is 1.31 bits per heavy atom. The van der Waals surface area contributed by atoms with E-state index >= 15 is 0 Å². The van der Waals surface area contributed by atoms with Crippen molar-refractivity contribution < 1.29 is 9.53 Å². The maximum absolute atomic E-state index is 11.5. The highest BCUT2D eigenvalue weighted by atomic mass is 16.5. The fourth-order valence-electron chi connectivity index (χ4n) is 1.75. The third kappa shape index (κ3) is 2.40. The summed E-state index contributed by atoms with van der Waals surface area (Å²) in [7, 11) is 0. The first-order chi connectivity index (χ1) is 7.79. The summed E-state index contributed by atoms with van der Waals surface area (Å²) in [5, 5.41) is 0. The van der Waals surface area contributed by atoms with Crippen LogP contribution in [0.3, 0.4) is 0 Å². The van der Waals surface area contributed by atoms with Gasteiger partial charge < -0.3 is 4.74 Å². The van der Waals surface area contributed by atoms with E-state index in [2.05, 4.69) is 0 Å². The van der Waals surface area contributed by atoms with Gasteiger partial charge in [-0.25, -0.2) is 4.79 Å². The van der Waals surface area contributed by atoms with E-state index in [-0.39, 0.29) is 12.1 Å². The minimum atomic E-state index is -0.202. The number of hydrogen-bond acceptors (Lipinski definition) is 2. The van der Waals surface area contributed by atoms with E-state index in [9.17, 15) is 4.79 Å². The van der Waals surface area contributed by atoms with Crippen molar-refractivity contribution in [3.63, 3.8) is 0 Å². The van der Waals surface area contributed by atoms with Crippen LogP contribution in [0.4, 0.5) is 0 Å². The lowest BCUT2D eigenvalue weighted by Crippen LogP contribution is -2.01. The molecule has 1 heterocycles. The molecule has 2 nitrogen and oxygen atoms in total. The van der Waals surface area contributed by atoms with Gasteiger partial charge in [0.1, 0.15) is 6.10 Å². The first kappa shape index (κ1) is 10.7. The second-order valence-corrected chi connectivity index (χ2v) is 3.75. The van der Waals surface area contributed by atoms with E-state index in [4.69, 9.17) is 4.74 Å². The third-order valence-corrected chi connectivity index (χ3v) is 2.49. The van der Waals surface area contributed by atoms with Crippen LogP contribution in [-0.2, 0) is 9.53 Å². The quantitative estimate of drug-likeness (QED) is 0.430. The number of cyclic esters (lactones) is 1. The van der Waals surface area contributed by atoms with Crippen LogP contribution in [0.2, 0.25) is 0 Å². The molecule has 1 aliphatic rings. The number of allylic oxidation sites excluding steroid dienone is 1. The lowest BCUT2D eigenvalue weighted by atomic mass is 10.1. The van der Waals surface area contributed by atoms with Crippen molar-refractivity contribution in [2.24, 2.45) is 0 Å². The Labute approximate surface area is 95.2 Å². The van der Waals surface area contributed by atoms with Gasteiger partial charge in [-0.1, -0.05) is 36.4 Å². The average molecular weight is 214 g/mol. The maximum Gasteiger partial charge on any atom is 0.334 e. The molecule has 0 saturated carbocycles. The Balaban J connectivity index is 2.17. The van der Waals surface area contributed by atoms with Crippen molar-refractivity contribution in [1.29, 1.82) is 0 Å². The van der Waals surface area contributed by atoms with Gasteiger partial charge in [-0.05, 0) is 24.6 Å². The van der Waals surface area contributed by atoms with Gasteiger partial charge in [-0.15, -0.1) is 0 Å². The first-order valence-corrected chi connectivity index (χ1v) is 5.39. The minimum Gasteiger partial charge on any atom is -0.454 e. The highest BCUT2D eigenvalue weighted by Gasteiger charge is 2.26. The zero-order valence-corrected chi connectivity index (χ0v) is 9.22. The fourth-order valence-corrected chi connectivity index (χ4v) is 1.75. The van der Waals surface area contributed by atoms with E-state index < -0.39 is 0 Å². The molecule has 2 rings (SSSR count). The van der Waals surface area contributed by atoms with Crippen molar-refractivity contribution in [1.82, 2.24) is 0 Å². The standard InChI is InChI=1S/C14H14O2/c1-2-6-13-10-12(14(15)16-13)9-11-7-4-3-5-8-11/h2-9,13H,10H2,1H3/b6-2+,12-9+. The van der Waals surface area contributed by atoms with Gasteiger partial charge in [-0.2, -0.15) is 0 Å². The molecule has 1 saturated heterocycles. The summed E-state index contributed by atoms with van der Waals surface area (Å²) in [4.78, 5) is 11.5. The average Bonchev–Trinajstić information content (AvgIpc) is 2.61. The predicted molar refractivity (Wildman–Crippen MR) is 63.7 cm³/mol. The number of ether oxygens (including phenoxy) is 1. The normalized spacial score (nSPS) is 22.9. The van der Waals surface area contributed by atoms with Gasteiger partial charge >= 0.3 is 5.97 Å². The molecule has 0 N–H and O–H groups in total. The van der Waals surface area contributed by atoms with E-state index in [1.54, 1.807) is 0 Å². The molecule has 0 radical (unpaired) electrons. The molecular weight excluding hydrogens is 200 g/mol. The van der Waals surface area contributed by atoms with Crippen molar-refractivity contribution in [3.05, 3.63) is 53.6 Å². The number of esters is 1. The fraction of sp³-hybridized carbons (Fsp3) is 0.214. The Hall–Kier alpha value is -1.83. The Morgan fingerprint density at radius 2 is 2.06 bits per heavy atom. The van der Waals surface area contributed by atoms with Crippen LogP contribution < -0.4 is 0 Å². The Bertz CT molecular complexity index is 429.